The van der Waals surface area contributed by atoms with Gasteiger partial charge in [-0.3, -0.25) is 14.7 Å². The summed E-state index contributed by atoms with van der Waals surface area (Å²) in [6.45, 7) is 6.54. The van der Waals surface area contributed by atoms with Crippen LogP contribution in [0.15, 0.2) is 29.1 Å². The normalized spacial score (nSPS) is 18.8. The van der Waals surface area contributed by atoms with Crippen LogP contribution in [0.4, 0.5) is 5.95 Å². The number of halogens is 1. The topological polar surface area (TPSA) is 52.2 Å². The number of hydrogen-bond donors (Lipinski definition) is 1. The van der Waals surface area contributed by atoms with E-state index in [2.05, 4.69) is 27.8 Å². The minimum atomic E-state index is 0.0287. The average molecular weight is 373 g/mol. The van der Waals surface area contributed by atoms with E-state index in [1.54, 1.807) is 0 Å². The quantitative estimate of drug-likeness (QED) is 0.898. The largest absolute Gasteiger partial charge is 0.342 e. The molecule has 3 heterocycles. The molecule has 0 spiro atoms. The van der Waals surface area contributed by atoms with E-state index < -0.39 is 0 Å². The Kier molecular flexibility index (Phi) is 5.00. The van der Waals surface area contributed by atoms with Crippen molar-refractivity contribution in [2.45, 2.75) is 39.3 Å². The van der Waals surface area contributed by atoms with E-state index in [4.69, 9.17) is 16.6 Å². The van der Waals surface area contributed by atoms with Crippen molar-refractivity contribution in [3.05, 3.63) is 56.5 Å². The molecule has 1 aromatic carbocycles. The number of anilines is 1. The van der Waals surface area contributed by atoms with Crippen molar-refractivity contribution in [1.82, 2.24) is 14.9 Å². The molecule has 0 aliphatic carbocycles. The van der Waals surface area contributed by atoms with Crippen LogP contribution in [0.5, 0.6) is 0 Å². The second-order valence-electron chi connectivity index (χ2n) is 7.54. The van der Waals surface area contributed by atoms with Gasteiger partial charge in [0.2, 0.25) is 5.95 Å². The number of fused-ring (bicyclic) bond motifs is 1. The Morgan fingerprint density at radius 3 is 2.77 bits per heavy atom. The third-order valence-corrected chi connectivity index (χ3v) is 5.94. The number of H-pyrrole nitrogens is 1. The van der Waals surface area contributed by atoms with Crippen LogP contribution in [-0.4, -0.2) is 34.5 Å². The summed E-state index contributed by atoms with van der Waals surface area (Å²) in [5, 5.41) is 0.792. The molecule has 0 unspecified atom stereocenters. The van der Waals surface area contributed by atoms with Crippen molar-refractivity contribution in [2.24, 2.45) is 5.92 Å². The van der Waals surface area contributed by atoms with E-state index in [0.29, 0.717) is 6.54 Å². The predicted octanol–water partition coefficient (Wildman–Crippen LogP) is 3.22. The zero-order chi connectivity index (χ0) is 18.1. The van der Waals surface area contributed by atoms with Gasteiger partial charge in [0, 0.05) is 43.3 Å². The van der Waals surface area contributed by atoms with Crippen LogP contribution >= 0.6 is 11.6 Å². The summed E-state index contributed by atoms with van der Waals surface area (Å²) in [5.41, 5.74) is 2.91. The zero-order valence-corrected chi connectivity index (χ0v) is 15.9. The monoisotopic (exact) mass is 372 g/mol. The molecule has 4 rings (SSSR count). The third kappa shape index (κ3) is 3.64. The molecule has 5 nitrogen and oxygen atoms in total. The molecule has 2 aliphatic heterocycles. The molecule has 1 aromatic heterocycles. The number of nitrogens with zero attached hydrogens (tertiary/aromatic N) is 3. The number of nitrogens with one attached hydrogen (secondary N) is 1. The molecular weight excluding hydrogens is 348 g/mol. The van der Waals surface area contributed by atoms with E-state index in [9.17, 15) is 4.79 Å². The molecule has 0 radical (unpaired) electrons. The maximum Gasteiger partial charge on any atom is 0.255 e. The fraction of sp³-hybridized carbons (Fsp3) is 0.500. The molecule has 2 aromatic rings. The summed E-state index contributed by atoms with van der Waals surface area (Å²) in [6.07, 6.45) is 3.04. The van der Waals surface area contributed by atoms with Gasteiger partial charge in [0.15, 0.2) is 0 Å². The molecule has 1 saturated heterocycles. The summed E-state index contributed by atoms with van der Waals surface area (Å²) in [7, 11) is 0. The fourth-order valence-corrected chi connectivity index (χ4v) is 4.05. The highest BCUT2D eigenvalue weighted by molar-refractivity contribution is 6.31. The highest BCUT2D eigenvalue weighted by Gasteiger charge is 2.24. The van der Waals surface area contributed by atoms with Crippen molar-refractivity contribution in [2.75, 3.05) is 24.5 Å². The fourth-order valence-electron chi connectivity index (χ4n) is 3.85. The van der Waals surface area contributed by atoms with Gasteiger partial charge in [0.05, 0.1) is 5.69 Å². The van der Waals surface area contributed by atoms with Crippen molar-refractivity contribution < 1.29 is 0 Å². The van der Waals surface area contributed by atoms with Gasteiger partial charge >= 0.3 is 0 Å². The summed E-state index contributed by atoms with van der Waals surface area (Å²) >= 11 is 6.30. The van der Waals surface area contributed by atoms with Crippen molar-refractivity contribution in [1.29, 1.82) is 0 Å². The van der Waals surface area contributed by atoms with Gasteiger partial charge < -0.3 is 4.90 Å². The van der Waals surface area contributed by atoms with Gasteiger partial charge in [-0.05, 0) is 36.8 Å². The molecule has 6 heteroatoms. The molecule has 0 saturated carbocycles. The summed E-state index contributed by atoms with van der Waals surface area (Å²) in [4.78, 5) is 24.9. The van der Waals surface area contributed by atoms with E-state index in [0.717, 1.165) is 79.2 Å². The van der Waals surface area contributed by atoms with Gasteiger partial charge in [0.1, 0.15) is 0 Å². The molecular formula is C20H25ClN4O. The first-order valence-corrected chi connectivity index (χ1v) is 9.80. The smallest absolute Gasteiger partial charge is 0.255 e. The first kappa shape index (κ1) is 17.6. The highest BCUT2D eigenvalue weighted by atomic mass is 35.5. The molecule has 1 N–H and O–H groups in total. The summed E-state index contributed by atoms with van der Waals surface area (Å²) < 4.78 is 0. The Morgan fingerprint density at radius 2 is 2.00 bits per heavy atom. The Bertz CT molecular complexity index is 842. The maximum atomic E-state index is 12.5. The Labute approximate surface area is 159 Å². The van der Waals surface area contributed by atoms with Gasteiger partial charge in [0.25, 0.3) is 5.56 Å². The van der Waals surface area contributed by atoms with Gasteiger partial charge in [-0.2, -0.15) is 0 Å². The SMILES string of the molecule is CC1CCN(c2nc3c(c(=O)[nH]2)CCN(Cc2ccccc2Cl)C3)CC1. The number of benzene rings is 1. The van der Waals surface area contributed by atoms with Crippen LogP contribution < -0.4 is 10.5 Å². The number of piperidine rings is 1. The second-order valence-corrected chi connectivity index (χ2v) is 7.94. The first-order valence-electron chi connectivity index (χ1n) is 9.43. The van der Waals surface area contributed by atoms with E-state index in [-0.39, 0.29) is 5.56 Å². The van der Waals surface area contributed by atoms with Crippen LogP contribution in [0.1, 0.15) is 36.6 Å². The minimum absolute atomic E-state index is 0.0287. The standard InChI is InChI=1S/C20H25ClN4O/c1-14-6-10-25(11-7-14)20-22-18-13-24(9-8-16(18)19(26)23-20)12-15-4-2-3-5-17(15)21/h2-5,14H,6-13H2,1H3,(H,22,23,26). The highest BCUT2D eigenvalue weighted by Crippen LogP contribution is 2.23. The van der Waals surface area contributed by atoms with Crippen molar-refractivity contribution in [3.8, 4) is 0 Å². The lowest BCUT2D eigenvalue weighted by molar-refractivity contribution is 0.240. The third-order valence-electron chi connectivity index (χ3n) is 5.57. The number of aromatic amines is 1. The van der Waals surface area contributed by atoms with Crippen molar-refractivity contribution >= 4 is 17.5 Å². The minimum Gasteiger partial charge on any atom is -0.342 e. The van der Waals surface area contributed by atoms with E-state index in [1.165, 1.54) is 0 Å². The average Bonchev–Trinajstić information content (AvgIpc) is 2.64. The van der Waals surface area contributed by atoms with E-state index in [1.807, 2.05) is 18.2 Å². The Morgan fingerprint density at radius 1 is 1.23 bits per heavy atom. The Balaban J connectivity index is 1.54. The zero-order valence-electron chi connectivity index (χ0n) is 15.2. The van der Waals surface area contributed by atoms with Gasteiger partial charge in [-0.15, -0.1) is 0 Å². The molecule has 2 aliphatic rings. The van der Waals surface area contributed by atoms with E-state index >= 15 is 0 Å². The van der Waals surface area contributed by atoms with Gasteiger partial charge in [-0.1, -0.05) is 36.7 Å². The van der Waals surface area contributed by atoms with Crippen LogP contribution in [0.3, 0.4) is 0 Å². The summed E-state index contributed by atoms with van der Waals surface area (Å²) in [6, 6.07) is 7.94. The molecule has 0 amide bonds. The number of aromatic nitrogens is 2. The second kappa shape index (κ2) is 7.41. The van der Waals surface area contributed by atoms with Crippen LogP contribution in [0, 0.1) is 5.92 Å². The van der Waals surface area contributed by atoms with Crippen LogP contribution in [0.2, 0.25) is 5.02 Å². The molecule has 1 fully saturated rings. The lowest BCUT2D eigenvalue weighted by Crippen LogP contribution is -2.39. The predicted molar refractivity (Wildman–Crippen MR) is 105 cm³/mol. The molecule has 0 atom stereocenters. The lowest BCUT2D eigenvalue weighted by Gasteiger charge is -2.32. The van der Waals surface area contributed by atoms with Crippen LogP contribution in [-0.2, 0) is 19.5 Å². The lowest BCUT2D eigenvalue weighted by atomic mass is 9.99. The first-order chi connectivity index (χ1) is 12.6. The molecule has 0 bridgehead atoms. The summed E-state index contributed by atoms with van der Waals surface area (Å²) in [5.74, 6) is 1.49. The van der Waals surface area contributed by atoms with Crippen molar-refractivity contribution in [3.63, 3.8) is 0 Å². The van der Waals surface area contributed by atoms with Gasteiger partial charge in [-0.25, -0.2) is 4.98 Å². The Hall–Kier alpha value is -1.85. The maximum absolute atomic E-state index is 12.5. The number of hydrogen-bond acceptors (Lipinski definition) is 4. The number of rotatable bonds is 3. The van der Waals surface area contributed by atoms with Crippen LogP contribution in [0.25, 0.3) is 0 Å². The molecule has 26 heavy (non-hydrogen) atoms. The molecule has 138 valence electrons.